The summed E-state index contributed by atoms with van der Waals surface area (Å²) in [6, 6.07) is 0. The van der Waals surface area contributed by atoms with Crippen molar-refractivity contribution in [1.29, 1.82) is 0 Å². The van der Waals surface area contributed by atoms with Crippen molar-refractivity contribution in [2.75, 3.05) is 7.11 Å². The number of ketones is 1. The van der Waals surface area contributed by atoms with E-state index in [2.05, 4.69) is 32.9 Å². The molecule has 0 aromatic heterocycles. The van der Waals surface area contributed by atoms with Crippen molar-refractivity contribution in [3.8, 4) is 0 Å². The Bertz CT molecular complexity index is 1110. The average Bonchev–Trinajstić information content (AvgIpc) is 3.30. The Labute approximate surface area is 212 Å². The lowest BCUT2D eigenvalue weighted by atomic mass is 9.37. The van der Waals surface area contributed by atoms with Gasteiger partial charge in [0.1, 0.15) is 6.10 Å². The summed E-state index contributed by atoms with van der Waals surface area (Å²) in [5, 5.41) is 10.5. The molecule has 0 aromatic rings. The van der Waals surface area contributed by atoms with E-state index in [1.165, 1.54) is 18.6 Å². The lowest BCUT2D eigenvalue weighted by Crippen LogP contribution is -2.70. The predicted octanol–water partition coefficient (Wildman–Crippen LogP) is 3.90. The van der Waals surface area contributed by atoms with Gasteiger partial charge in [0.05, 0.1) is 6.10 Å². The maximum atomic E-state index is 13.1. The number of ether oxygens (including phenoxy) is 3. The topological polar surface area (TPSA) is 99.1 Å². The molecule has 2 saturated carbocycles. The summed E-state index contributed by atoms with van der Waals surface area (Å²) in [5.74, 6) is -1.01. The number of esters is 2. The number of fused-ring (bicyclic) bond motifs is 5. The summed E-state index contributed by atoms with van der Waals surface area (Å²) < 4.78 is 17.4. The van der Waals surface area contributed by atoms with Crippen LogP contribution in [0.2, 0.25) is 0 Å². The first-order valence-electron chi connectivity index (χ1n) is 13.0. The van der Waals surface area contributed by atoms with Gasteiger partial charge < -0.3 is 19.3 Å². The van der Waals surface area contributed by atoms with Crippen LogP contribution in [0.3, 0.4) is 0 Å². The van der Waals surface area contributed by atoms with Gasteiger partial charge in [-0.05, 0) is 48.0 Å². The Balaban J connectivity index is 1.68. The molecule has 0 spiro atoms. The van der Waals surface area contributed by atoms with Crippen molar-refractivity contribution in [2.45, 2.75) is 79.3 Å². The van der Waals surface area contributed by atoms with E-state index in [1.807, 2.05) is 13.8 Å². The van der Waals surface area contributed by atoms with Gasteiger partial charge in [0, 0.05) is 42.4 Å². The molecule has 7 heteroatoms. The van der Waals surface area contributed by atoms with Gasteiger partial charge in [0.2, 0.25) is 6.29 Å². The van der Waals surface area contributed by atoms with Crippen molar-refractivity contribution in [2.24, 2.45) is 39.4 Å². The third-order valence-electron chi connectivity index (χ3n) is 10.6. The fourth-order valence-corrected chi connectivity index (χ4v) is 9.24. The molecule has 7 nitrogen and oxygen atoms in total. The largest absolute Gasteiger partial charge is 0.459 e. The summed E-state index contributed by atoms with van der Waals surface area (Å²) in [6.07, 6.45) is 7.51. The highest BCUT2D eigenvalue weighted by molar-refractivity contribution is 5.96. The molecule has 9 unspecified atom stereocenters. The molecule has 0 amide bonds. The summed E-state index contributed by atoms with van der Waals surface area (Å²) in [5.41, 5.74) is -0.180. The lowest BCUT2D eigenvalue weighted by Gasteiger charge is -2.68. The second-order valence-electron chi connectivity index (χ2n) is 12.6. The second-order valence-corrected chi connectivity index (χ2v) is 12.6. The van der Waals surface area contributed by atoms with Gasteiger partial charge in [-0.1, -0.05) is 52.3 Å². The van der Waals surface area contributed by atoms with E-state index in [0.717, 1.165) is 12.8 Å². The number of carbonyl (C=O) groups excluding carboxylic acids is 3. The minimum absolute atomic E-state index is 0.0600. The van der Waals surface area contributed by atoms with Crippen molar-refractivity contribution in [1.82, 2.24) is 0 Å². The Morgan fingerprint density at radius 1 is 1.17 bits per heavy atom. The molecule has 2 fully saturated rings. The number of carbonyl (C=O) groups is 3. The first-order valence-corrected chi connectivity index (χ1v) is 13.0. The van der Waals surface area contributed by atoms with Crippen LogP contribution in [0, 0.1) is 39.4 Å². The van der Waals surface area contributed by atoms with E-state index >= 15 is 0 Å². The van der Waals surface area contributed by atoms with E-state index in [-0.39, 0.29) is 40.3 Å². The first-order chi connectivity index (χ1) is 16.7. The highest BCUT2D eigenvalue weighted by Crippen LogP contribution is 2.72. The number of hydrogen-bond acceptors (Lipinski definition) is 7. The number of methoxy groups -OCH3 is 1. The van der Waals surface area contributed by atoms with Gasteiger partial charge in [0.15, 0.2) is 5.78 Å². The van der Waals surface area contributed by atoms with Crippen LogP contribution in [0.25, 0.3) is 0 Å². The smallest absolute Gasteiger partial charge is 0.333 e. The van der Waals surface area contributed by atoms with Crippen LogP contribution in [-0.2, 0) is 28.6 Å². The average molecular weight is 499 g/mol. The number of cyclic esters (lactones) is 1. The highest BCUT2D eigenvalue weighted by atomic mass is 16.6. The third-order valence-corrected chi connectivity index (χ3v) is 10.6. The van der Waals surface area contributed by atoms with Crippen molar-refractivity contribution in [3.05, 3.63) is 35.5 Å². The third kappa shape index (κ3) is 3.08. The lowest BCUT2D eigenvalue weighted by molar-refractivity contribution is -0.235. The molecule has 0 radical (unpaired) electrons. The molecule has 5 rings (SSSR count). The molecule has 1 aliphatic heterocycles. The normalized spacial score (nSPS) is 46.8. The fraction of sp³-hybridized carbons (Fsp3) is 0.690. The summed E-state index contributed by atoms with van der Waals surface area (Å²) in [7, 11) is 1.64. The summed E-state index contributed by atoms with van der Waals surface area (Å²) in [4.78, 5) is 37.5. The maximum Gasteiger partial charge on any atom is 0.333 e. The van der Waals surface area contributed by atoms with Crippen LogP contribution >= 0.6 is 0 Å². The number of aliphatic hydroxyl groups is 1. The molecule has 1 N–H and O–H groups in total. The van der Waals surface area contributed by atoms with Crippen LogP contribution in [-0.4, -0.2) is 48.4 Å². The van der Waals surface area contributed by atoms with E-state index in [0.29, 0.717) is 12.0 Å². The molecule has 5 aliphatic rings. The molecule has 0 aromatic carbocycles. The molecule has 0 bridgehead atoms. The predicted molar refractivity (Wildman–Crippen MR) is 131 cm³/mol. The Kier molecular flexibility index (Phi) is 5.56. The van der Waals surface area contributed by atoms with Crippen LogP contribution in [0.5, 0.6) is 0 Å². The molecule has 9 atom stereocenters. The van der Waals surface area contributed by atoms with Crippen molar-refractivity contribution in [3.63, 3.8) is 0 Å². The highest BCUT2D eigenvalue weighted by Gasteiger charge is 2.72. The molecule has 1 heterocycles. The van der Waals surface area contributed by atoms with Gasteiger partial charge in [-0.3, -0.25) is 9.59 Å². The second kappa shape index (κ2) is 7.87. The Hall–Kier alpha value is -2.25. The monoisotopic (exact) mass is 498 g/mol. The SMILES string of the molecule is COC1C2C(C)(C)C(=O)C=CC2(C)C2CCC3(C)C(=CCC3C3=CC(=O)OC3O)C2(C)C1OC(C)=O. The molecule has 196 valence electrons. The maximum absolute atomic E-state index is 13.1. The summed E-state index contributed by atoms with van der Waals surface area (Å²) >= 11 is 0. The van der Waals surface area contributed by atoms with Crippen LogP contribution in [0.1, 0.15) is 60.8 Å². The molecule has 0 saturated heterocycles. The van der Waals surface area contributed by atoms with Gasteiger partial charge in [-0.25, -0.2) is 4.79 Å². The minimum atomic E-state index is -1.23. The number of rotatable bonds is 3. The van der Waals surface area contributed by atoms with Crippen molar-refractivity contribution >= 4 is 17.7 Å². The molecule has 4 aliphatic carbocycles. The standard InChI is InChI=1S/C29H38O7/c1-15(30)35-24-22(34-7)23-26(2,3)20(31)11-13-28(23,5)19-10-12-27(4)17(8-9-18(27)29(19,24)6)16-14-21(32)36-25(16)33/h9,11,13-14,17,19,22-25,33H,8,10,12H2,1-7H3. The zero-order chi connectivity index (χ0) is 26.4. The zero-order valence-corrected chi connectivity index (χ0v) is 22.3. The molecular weight excluding hydrogens is 460 g/mol. The fourth-order valence-electron chi connectivity index (χ4n) is 9.24. The van der Waals surface area contributed by atoms with Gasteiger partial charge in [-0.15, -0.1) is 0 Å². The van der Waals surface area contributed by atoms with Crippen LogP contribution < -0.4 is 0 Å². The number of aliphatic hydroxyl groups excluding tert-OH is 1. The van der Waals surface area contributed by atoms with Gasteiger partial charge in [0.25, 0.3) is 0 Å². The van der Waals surface area contributed by atoms with E-state index in [4.69, 9.17) is 14.2 Å². The van der Waals surface area contributed by atoms with E-state index in [9.17, 15) is 19.5 Å². The minimum Gasteiger partial charge on any atom is -0.459 e. The van der Waals surface area contributed by atoms with Gasteiger partial charge in [-0.2, -0.15) is 0 Å². The molecular formula is C29H38O7. The Morgan fingerprint density at radius 2 is 1.86 bits per heavy atom. The number of allylic oxidation sites excluding steroid dienone is 3. The summed E-state index contributed by atoms with van der Waals surface area (Å²) in [6.45, 7) is 12.0. The van der Waals surface area contributed by atoms with Crippen LogP contribution in [0.4, 0.5) is 0 Å². The zero-order valence-electron chi connectivity index (χ0n) is 22.3. The molecule has 36 heavy (non-hydrogen) atoms. The van der Waals surface area contributed by atoms with Gasteiger partial charge >= 0.3 is 11.9 Å². The van der Waals surface area contributed by atoms with Crippen molar-refractivity contribution < 1.29 is 33.7 Å². The van der Waals surface area contributed by atoms with E-state index < -0.39 is 35.3 Å². The van der Waals surface area contributed by atoms with E-state index in [1.54, 1.807) is 13.2 Å². The number of hydrogen-bond donors (Lipinski definition) is 1. The van der Waals surface area contributed by atoms with Crippen LogP contribution in [0.15, 0.2) is 35.5 Å². The first kappa shape index (κ1) is 25.4. The Morgan fingerprint density at radius 3 is 2.44 bits per heavy atom. The quantitative estimate of drug-likeness (QED) is 0.465.